The highest BCUT2D eigenvalue weighted by molar-refractivity contribution is 6.09. The Morgan fingerprint density at radius 2 is 2.09 bits per heavy atom. The number of pyridine rings is 1. The molecule has 1 saturated heterocycles. The van der Waals surface area contributed by atoms with Crippen LogP contribution in [0.5, 0.6) is 5.75 Å². The molecule has 0 bridgehead atoms. The van der Waals surface area contributed by atoms with Crippen molar-refractivity contribution in [1.29, 1.82) is 5.26 Å². The molecular weight excluding hydrogens is 464 g/mol. The molecule has 10 nitrogen and oxygen atoms in total. The monoisotopic (exact) mass is 483 g/mol. The molecule has 1 atom stereocenters. The minimum absolute atomic E-state index is 0.0116. The molecule has 12 heteroatoms. The molecule has 0 radical (unpaired) electrons. The summed E-state index contributed by atoms with van der Waals surface area (Å²) in [7, 11) is 1.51. The van der Waals surface area contributed by atoms with E-state index in [0.29, 0.717) is 16.7 Å². The molecule has 2 aromatic heterocycles. The predicted molar refractivity (Wildman–Crippen MR) is 118 cm³/mol. The van der Waals surface area contributed by atoms with E-state index in [9.17, 15) is 23.2 Å². The second-order valence-electron chi connectivity index (χ2n) is 7.80. The maximum absolute atomic E-state index is 13.6. The average molecular weight is 483 g/mol. The number of hydrogen-bond donors (Lipinski definition) is 2. The Hall–Kier alpha value is -4.53. The number of amides is 3. The maximum atomic E-state index is 13.6. The SMILES string of the molecule is COc1ccc2oc(C(=O)Nc3cnccc3C(=O)NCC(=O)N3CC(F)(F)C[C@H]3C#N)cc2c1. The largest absolute Gasteiger partial charge is 0.497 e. The smallest absolute Gasteiger partial charge is 0.291 e. The highest BCUT2D eigenvalue weighted by Gasteiger charge is 2.47. The number of ether oxygens (including phenoxy) is 1. The summed E-state index contributed by atoms with van der Waals surface area (Å²) in [5.74, 6) is -4.80. The molecule has 0 unspecified atom stereocenters. The number of nitriles is 1. The van der Waals surface area contributed by atoms with Crippen LogP contribution in [0, 0.1) is 11.3 Å². The molecular formula is C23H19F2N5O5. The van der Waals surface area contributed by atoms with Gasteiger partial charge in [0.15, 0.2) is 5.76 Å². The first-order valence-corrected chi connectivity index (χ1v) is 10.4. The van der Waals surface area contributed by atoms with Crippen molar-refractivity contribution in [2.75, 3.05) is 25.5 Å². The number of methoxy groups -OCH3 is 1. The van der Waals surface area contributed by atoms with Crippen LogP contribution in [0.3, 0.4) is 0 Å². The lowest BCUT2D eigenvalue weighted by atomic mass is 10.2. The van der Waals surface area contributed by atoms with Crippen LogP contribution in [-0.2, 0) is 4.79 Å². The fraction of sp³-hybridized carbons (Fsp3) is 0.261. The van der Waals surface area contributed by atoms with Gasteiger partial charge in [-0.2, -0.15) is 5.26 Å². The van der Waals surface area contributed by atoms with Gasteiger partial charge in [0.25, 0.3) is 17.7 Å². The van der Waals surface area contributed by atoms with Crippen molar-refractivity contribution < 1.29 is 32.3 Å². The standard InChI is InChI=1S/C23H19F2N5O5/c1-34-15-2-3-18-13(6-15)7-19(35-18)22(33)29-17-10-27-5-4-16(17)21(32)28-11-20(31)30-12-23(24,25)8-14(30)9-26/h2-7,10,14H,8,11-12H2,1H3,(H,28,32)(H,29,33)/t14-/m0/s1. The summed E-state index contributed by atoms with van der Waals surface area (Å²) < 4.78 is 37.9. The minimum atomic E-state index is -3.16. The summed E-state index contributed by atoms with van der Waals surface area (Å²) in [6.07, 6.45) is 1.80. The number of carbonyl (C=O) groups is 3. The maximum Gasteiger partial charge on any atom is 0.291 e. The van der Waals surface area contributed by atoms with Gasteiger partial charge in [-0.25, -0.2) is 8.78 Å². The quantitative estimate of drug-likeness (QED) is 0.550. The van der Waals surface area contributed by atoms with E-state index in [1.807, 2.05) is 0 Å². The van der Waals surface area contributed by atoms with Crippen molar-refractivity contribution >= 4 is 34.4 Å². The summed E-state index contributed by atoms with van der Waals surface area (Å²) in [4.78, 5) is 42.4. The van der Waals surface area contributed by atoms with Crippen molar-refractivity contribution in [2.45, 2.75) is 18.4 Å². The summed E-state index contributed by atoms with van der Waals surface area (Å²) in [6.45, 7) is -1.49. The number of carbonyl (C=O) groups excluding carboxylic acids is 3. The van der Waals surface area contributed by atoms with E-state index in [1.54, 1.807) is 24.3 Å². The van der Waals surface area contributed by atoms with Gasteiger partial charge in [-0.3, -0.25) is 19.4 Å². The number of nitrogens with one attached hydrogen (secondary N) is 2. The van der Waals surface area contributed by atoms with E-state index in [1.165, 1.54) is 31.6 Å². The zero-order valence-corrected chi connectivity index (χ0v) is 18.4. The molecule has 0 saturated carbocycles. The van der Waals surface area contributed by atoms with Crippen LogP contribution >= 0.6 is 0 Å². The minimum Gasteiger partial charge on any atom is -0.497 e. The Kier molecular flexibility index (Phi) is 6.33. The third kappa shape index (κ3) is 5.03. The van der Waals surface area contributed by atoms with Gasteiger partial charge in [0.2, 0.25) is 5.91 Å². The lowest BCUT2D eigenvalue weighted by Gasteiger charge is -2.19. The van der Waals surface area contributed by atoms with Crippen molar-refractivity contribution in [3.05, 3.63) is 54.0 Å². The highest BCUT2D eigenvalue weighted by atomic mass is 19.3. The molecule has 3 aromatic rings. The number of fused-ring (bicyclic) bond motifs is 1. The number of likely N-dealkylation sites (tertiary alicyclic amines) is 1. The van der Waals surface area contributed by atoms with Gasteiger partial charge < -0.3 is 24.7 Å². The second kappa shape index (κ2) is 9.38. The van der Waals surface area contributed by atoms with Crippen molar-refractivity contribution in [3.63, 3.8) is 0 Å². The van der Waals surface area contributed by atoms with Crippen LogP contribution in [0.1, 0.15) is 27.3 Å². The molecule has 0 spiro atoms. The van der Waals surface area contributed by atoms with E-state index in [2.05, 4.69) is 15.6 Å². The summed E-state index contributed by atoms with van der Waals surface area (Å²) in [5.41, 5.74) is 0.493. The number of furan rings is 1. The normalized spacial score (nSPS) is 16.5. The van der Waals surface area contributed by atoms with Gasteiger partial charge in [0, 0.05) is 18.0 Å². The Labute approximate surface area is 197 Å². The predicted octanol–water partition coefficient (Wildman–Crippen LogP) is 2.58. The number of rotatable bonds is 6. The molecule has 180 valence electrons. The molecule has 1 fully saturated rings. The Bertz CT molecular complexity index is 1350. The van der Waals surface area contributed by atoms with Crippen LogP contribution < -0.4 is 15.4 Å². The summed E-state index contributed by atoms with van der Waals surface area (Å²) in [6, 6.07) is 8.27. The van der Waals surface area contributed by atoms with Gasteiger partial charge >= 0.3 is 0 Å². The summed E-state index contributed by atoms with van der Waals surface area (Å²) in [5, 5.41) is 14.5. The molecule has 35 heavy (non-hydrogen) atoms. The number of anilines is 1. The molecule has 1 aliphatic rings. The fourth-order valence-corrected chi connectivity index (χ4v) is 3.68. The zero-order valence-electron chi connectivity index (χ0n) is 18.4. The first kappa shape index (κ1) is 23.6. The molecule has 1 aromatic carbocycles. The number of hydrogen-bond acceptors (Lipinski definition) is 7. The van der Waals surface area contributed by atoms with Crippen LogP contribution in [-0.4, -0.2) is 59.8 Å². The first-order chi connectivity index (χ1) is 16.7. The molecule has 4 rings (SSSR count). The van der Waals surface area contributed by atoms with Crippen molar-refractivity contribution in [3.8, 4) is 11.8 Å². The Balaban J connectivity index is 1.44. The highest BCUT2D eigenvalue weighted by Crippen LogP contribution is 2.31. The number of benzene rings is 1. The molecule has 3 amide bonds. The molecule has 1 aliphatic heterocycles. The first-order valence-electron chi connectivity index (χ1n) is 10.4. The summed E-state index contributed by atoms with van der Waals surface area (Å²) >= 11 is 0. The number of alkyl halides is 2. The fourth-order valence-electron chi connectivity index (χ4n) is 3.68. The lowest BCUT2D eigenvalue weighted by Crippen LogP contribution is -2.43. The van der Waals surface area contributed by atoms with E-state index >= 15 is 0 Å². The van der Waals surface area contributed by atoms with E-state index in [0.717, 1.165) is 4.90 Å². The van der Waals surface area contributed by atoms with Crippen LogP contribution in [0.25, 0.3) is 11.0 Å². The van der Waals surface area contributed by atoms with Crippen LogP contribution in [0.2, 0.25) is 0 Å². The van der Waals surface area contributed by atoms with Crippen molar-refractivity contribution in [2.24, 2.45) is 0 Å². The van der Waals surface area contributed by atoms with E-state index < -0.39 is 49.2 Å². The van der Waals surface area contributed by atoms with E-state index in [4.69, 9.17) is 14.4 Å². The third-order valence-electron chi connectivity index (χ3n) is 5.40. The zero-order chi connectivity index (χ0) is 25.2. The van der Waals surface area contributed by atoms with Crippen LogP contribution in [0.4, 0.5) is 14.5 Å². The van der Waals surface area contributed by atoms with Gasteiger partial charge in [0.05, 0.1) is 43.7 Å². The number of halogens is 2. The van der Waals surface area contributed by atoms with Gasteiger partial charge in [-0.1, -0.05) is 0 Å². The van der Waals surface area contributed by atoms with Gasteiger partial charge in [0.1, 0.15) is 17.4 Å². The van der Waals surface area contributed by atoms with Gasteiger partial charge in [-0.15, -0.1) is 0 Å². The topological polar surface area (TPSA) is 138 Å². The van der Waals surface area contributed by atoms with E-state index in [-0.39, 0.29) is 17.0 Å². The molecule has 3 heterocycles. The molecule has 0 aliphatic carbocycles. The number of aromatic nitrogens is 1. The second-order valence-corrected chi connectivity index (χ2v) is 7.80. The molecule has 2 N–H and O–H groups in total. The Morgan fingerprint density at radius 1 is 1.29 bits per heavy atom. The van der Waals surface area contributed by atoms with Crippen molar-refractivity contribution in [1.82, 2.24) is 15.2 Å². The number of nitrogens with zero attached hydrogens (tertiary/aromatic N) is 3. The average Bonchev–Trinajstić information content (AvgIpc) is 3.42. The van der Waals surface area contributed by atoms with Gasteiger partial charge in [-0.05, 0) is 30.3 Å². The Morgan fingerprint density at radius 3 is 2.83 bits per heavy atom. The third-order valence-corrected chi connectivity index (χ3v) is 5.40. The van der Waals surface area contributed by atoms with Crippen LogP contribution in [0.15, 0.2) is 47.1 Å². The lowest BCUT2D eigenvalue weighted by molar-refractivity contribution is -0.131.